The van der Waals surface area contributed by atoms with Crippen LogP contribution in [0.4, 0.5) is 0 Å². The van der Waals surface area contributed by atoms with Gasteiger partial charge in [-0.25, -0.2) is 9.99 Å². The zero-order valence-corrected chi connectivity index (χ0v) is 26.0. The first-order valence-electron chi connectivity index (χ1n) is 15.6. The number of hydrazine groups is 1. The average Bonchev–Trinajstić information content (AvgIpc) is 3.61. The summed E-state index contributed by atoms with van der Waals surface area (Å²) in [6.45, 7) is 9.51. The molecule has 0 amide bonds. The van der Waals surface area contributed by atoms with E-state index in [1.165, 1.54) is 0 Å². The molecule has 2 aromatic heterocycles. The predicted molar refractivity (Wildman–Crippen MR) is 168 cm³/mol. The lowest BCUT2D eigenvalue weighted by Crippen LogP contribution is -2.54. The smallest absolute Gasteiger partial charge is 0.254 e. The van der Waals surface area contributed by atoms with Gasteiger partial charge in [-0.2, -0.15) is 5.10 Å². The summed E-state index contributed by atoms with van der Waals surface area (Å²) in [7, 11) is 2.18. The van der Waals surface area contributed by atoms with Crippen molar-refractivity contribution in [2.75, 3.05) is 26.7 Å². The van der Waals surface area contributed by atoms with Crippen LogP contribution in [0, 0.1) is 11.8 Å². The van der Waals surface area contributed by atoms with Crippen molar-refractivity contribution in [3.05, 3.63) is 58.4 Å². The van der Waals surface area contributed by atoms with Crippen molar-refractivity contribution in [2.45, 2.75) is 83.1 Å². The third-order valence-corrected chi connectivity index (χ3v) is 9.90. The van der Waals surface area contributed by atoms with E-state index in [9.17, 15) is 4.79 Å². The highest BCUT2D eigenvalue weighted by atomic mass is 35.5. The van der Waals surface area contributed by atoms with E-state index in [2.05, 4.69) is 54.0 Å². The van der Waals surface area contributed by atoms with Crippen molar-refractivity contribution in [3.8, 4) is 22.4 Å². The summed E-state index contributed by atoms with van der Waals surface area (Å²) in [5.41, 5.74) is 6.98. The van der Waals surface area contributed by atoms with Crippen LogP contribution in [0.2, 0.25) is 5.02 Å². The fraction of sp³-hybridized carbons (Fsp3) is 0.594. The van der Waals surface area contributed by atoms with Crippen LogP contribution in [0.5, 0.6) is 0 Å². The molecule has 4 unspecified atom stereocenters. The minimum atomic E-state index is -0.0166. The first-order valence-corrected chi connectivity index (χ1v) is 16.0. The first kappa shape index (κ1) is 29.5. The Morgan fingerprint density at radius 2 is 1.90 bits per heavy atom. The van der Waals surface area contributed by atoms with E-state index in [0.717, 1.165) is 68.4 Å². The molecular weight excluding hydrogens is 548 g/mol. The molecule has 42 heavy (non-hydrogen) atoms. The molecule has 2 bridgehead atoms. The van der Waals surface area contributed by atoms with Crippen LogP contribution >= 0.6 is 11.6 Å². The SMILES string of the molecule is CC(C)n1cc(-c2ccc(Cl)cc2-c2cc(=O)n([C@H]3CCC[C@@H](C)CNC4CNN(C)C4C4CCNC3C4)cn2)cn1. The first-order chi connectivity index (χ1) is 20.3. The molecule has 0 saturated carbocycles. The van der Waals surface area contributed by atoms with E-state index in [1.54, 1.807) is 12.4 Å². The molecule has 5 heterocycles. The van der Waals surface area contributed by atoms with E-state index >= 15 is 0 Å². The molecule has 3 N–H and O–H groups in total. The van der Waals surface area contributed by atoms with Crippen LogP contribution in [0.15, 0.2) is 47.8 Å². The van der Waals surface area contributed by atoms with Gasteiger partial charge in [0.15, 0.2) is 0 Å². The second-order valence-corrected chi connectivity index (χ2v) is 13.4. The van der Waals surface area contributed by atoms with Gasteiger partial charge in [0.25, 0.3) is 5.56 Å². The second kappa shape index (κ2) is 12.6. The van der Waals surface area contributed by atoms with Gasteiger partial charge in [0.05, 0.1) is 24.3 Å². The Balaban J connectivity index is 1.32. The molecule has 3 aromatic rings. The number of piperidine rings is 1. The van der Waals surface area contributed by atoms with Crippen LogP contribution in [0.25, 0.3) is 22.4 Å². The van der Waals surface area contributed by atoms with Gasteiger partial charge in [-0.1, -0.05) is 31.0 Å². The Hall–Kier alpha value is -2.56. The number of aromatic nitrogens is 4. The Morgan fingerprint density at radius 3 is 2.69 bits per heavy atom. The monoisotopic (exact) mass is 592 g/mol. The van der Waals surface area contributed by atoms with E-state index in [0.29, 0.717) is 34.6 Å². The van der Waals surface area contributed by atoms with E-state index < -0.39 is 0 Å². The quantitative estimate of drug-likeness (QED) is 0.410. The number of fused-ring (bicyclic) bond motifs is 4. The number of rotatable bonds is 4. The maximum Gasteiger partial charge on any atom is 0.254 e. The molecule has 9 nitrogen and oxygen atoms in total. The molecule has 3 aliphatic heterocycles. The van der Waals surface area contributed by atoms with Crippen molar-refractivity contribution >= 4 is 11.6 Å². The summed E-state index contributed by atoms with van der Waals surface area (Å²) >= 11 is 6.46. The summed E-state index contributed by atoms with van der Waals surface area (Å²) in [5.74, 6) is 1.14. The number of hydrogen-bond acceptors (Lipinski definition) is 7. The number of nitrogens with one attached hydrogen (secondary N) is 3. The third kappa shape index (κ3) is 6.08. The van der Waals surface area contributed by atoms with Crippen LogP contribution in [0.3, 0.4) is 0 Å². The van der Waals surface area contributed by atoms with Crippen molar-refractivity contribution < 1.29 is 0 Å². The van der Waals surface area contributed by atoms with Gasteiger partial charge in [0.1, 0.15) is 0 Å². The van der Waals surface area contributed by atoms with Crippen LogP contribution < -0.4 is 21.6 Å². The molecule has 0 radical (unpaired) electrons. The van der Waals surface area contributed by atoms with Gasteiger partial charge in [0, 0.05) is 66.2 Å². The summed E-state index contributed by atoms with van der Waals surface area (Å²) in [6, 6.07) is 8.89. The van der Waals surface area contributed by atoms with Crippen molar-refractivity contribution in [1.29, 1.82) is 0 Å². The normalized spacial score (nSPS) is 29.2. The third-order valence-electron chi connectivity index (χ3n) is 9.66. The van der Waals surface area contributed by atoms with Gasteiger partial charge < -0.3 is 10.6 Å². The van der Waals surface area contributed by atoms with Gasteiger partial charge in [-0.05, 0) is 82.2 Å². The molecule has 10 heteroatoms. The Kier molecular flexibility index (Phi) is 8.84. The lowest BCUT2D eigenvalue weighted by atomic mass is 9.80. The van der Waals surface area contributed by atoms with Gasteiger partial charge in [0.2, 0.25) is 0 Å². The lowest BCUT2D eigenvalue weighted by molar-refractivity contribution is 0.108. The molecule has 3 fully saturated rings. The highest BCUT2D eigenvalue weighted by Crippen LogP contribution is 2.35. The minimum absolute atomic E-state index is 0.0166. The summed E-state index contributed by atoms with van der Waals surface area (Å²) in [6.07, 6.45) is 11.0. The summed E-state index contributed by atoms with van der Waals surface area (Å²) < 4.78 is 3.83. The predicted octanol–water partition coefficient (Wildman–Crippen LogP) is 4.51. The number of likely N-dealkylation sites (N-methyl/N-ethyl adjacent to an activating group) is 1. The van der Waals surface area contributed by atoms with Crippen molar-refractivity contribution in [2.24, 2.45) is 11.8 Å². The number of halogens is 1. The molecule has 6 atom stereocenters. The van der Waals surface area contributed by atoms with Gasteiger partial charge in [-0.3, -0.25) is 19.5 Å². The highest BCUT2D eigenvalue weighted by molar-refractivity contribution is 6.31. The molecule has 0 aliphatic carbocycles. The Bertz CT molecular complexity index is 1440. The van der Waals surface area contributed by atoms with E-state index in [-0.39, 0.29) is 23.7 Å². The average molecular weight is 593 g/mol. The van der Waals surface area contributed by atoms with Crippen LogP contribution in [-0.4, -0.2) is 69.1 Å². The molecular formula is C32H45ClN8O. The van der Waals surface area contributed by atoms with Gasteiger partial charge >= 0.3 is 0 Å². The summed E-state index contributed by atoms with van der Waals surface area (Å²) in [5, 5.41) is 15.1. The fourth-order valence-corrected chi connectivity index (χ4v) is 7.54. The molecule has 3 saturated heterocycles. The lowest BCUT2D eigenvalue weighted by Gasteiger charge is -2.42. The number of benzene rings is 1. The molecule has 226 valence electrons. The number of hydrogen-bond donors (Lipinski definition) is 3. The van der Waals surface area contributed by atoms with Crippen LogP contribution in [-0.2, 0) is 0 Å². The highest BCUT2D eigenvalue weighted by Gasteiger charge is 2.41. The number of nitrogens with zero attached hydrogens (tertiary/aromatic N) is 5. The minimum Gasteiger partial charge on any atom is -0.312 e. The zero-order valence-electron chi connectivity index (χ0n) is 25.3. The maximum absolute atomic E-state index is 13.9. The van der Waals surface area contributed by atoms with Gasteiger partial charge in [-0.15, -0.1) is 0 Å². The molecule has 6 rings (SSSR count). The summed E-state index contributed by atoms with van der Waals surface area (Å²) in [4.78, 5) is 18.8. The topological polar surface area (TPSA) is 92.0 Å². The van der Waals surface area contributed by atoms with Crippen LogP contribution in [0.1, 0.15) is 65.0 Å². The maximum atomic E-state index is 13.9. The second-order valence-electron chi connectivity index (χ2n) is 12.9. The van der Waals surface area contributed by atoms with Crippen molar-refractivity contribution in [1.82, 2.24) is 40.4 Å². The molecule has 3 aliphatic rings. The van der Waals surface area contributed by atoms with E-state index in [4.69, 9.17) is 16.6 Å². The van der Waals surface area contributed by atoms with Crippen molar-refractivity contribution in [3.63, 3.8) is 0 Å². The van der Waals surface area contributed by atoms with E-state index in [1.807, 2.05) is 39.8 Å². The zero-order chi connectivity index (χ0) is 29.4. The Labute approximate surface area is 254 Å². The standard InChI is InChI=1S/C32H45ClN8O/c1-20(2)41-18-23(16-38-41)25-9-8-24(33)13-26(25)27-14-31(42)40(19-36-27)30-7-5-6-21(3)15-35-29-17-37-39(4)32(29)22-10-11-34-28(30)12-22/h8-9,13-14,16,18-22,28-30,32,34-35,37H,5-7,10-12,15,17H2,1-4H3/t21-,22?,28?,29?,30+,32?/m1/s1. The Morgan fingerprint density at radius 1 is 1.05 bits per heavy atom. The largest absolute Gasteiger partial charge is 0.312 e. The fourth-order valence-electron chi connectivity index (χ4n) is 7.37. The molecule has 1 aromatic carbocycles. The molecule has 0 spiro atoms.